The second-order valence-electron chi connectivity index (χ2n) is 5.27. The summed E-state index contributed by atoms with van der Waals surface area (Å²) in [6, 6.07) is 12.3. The summed E-state index contributed by atoms with van der Waals surface area (Å²) < 4.78 is 0. The number of carbonyl (C=O) groups is 2. The van der Waals surface area contributed by atoms with Gasteiger partial charge in [-0.25, -0.2) is 0 Å². The molecule has 0 saturated carbocycles. The van der Waals surface area contributed by atoms with E-state index in [-0.39, 0.29) is 22.6 Å². The SMILES string of the molecule is CC1=NN(C(=O)c2ccccc2O)C(=O)/C1=C\c1ccc(O)cc1. The lowest BCUT2D eigenvalue weighted by atomic mass is 10.1. The minimum Gasteiger partial charge on any atom is -0.508 e. The number of carbonyl (C=O) groups excluding carboxylic acids is 2. The molecule has 0 radical (unpaired) electrons. The van der Waals surface area contributed by atoms with E-state index >= 15 is 0 Å². The lowest BCUT2D eigenvalue weighted by molar-refractivity contribution is -0.123. The summed E-state index contributed by atoms with van der Waals surface area (Å²) >= 11 is 0. The van der Waals surface area contributed by atoms with Gasteiger partial charge in [0.25, 0.3) is 11.8 Å². The molecule has 2 N–H and O–H groups in total. The van der Waals surface area contributed by atoms with E-state index < -0.39 is 11.8 Å². The zero-order chi connectivity index (χ0) is 17.3. The third-order valence-corrected chi connectivity index (χ3v) is 3.59. The predicted octanol–water partition coefficient (Wildman–Crippen LogP) is 2.54. The lowest BCUT2D eigenvalue weighted by Gasteiger charge is -2.10. The third kappa shape index (κ3) is 2.77. The molecule has 0 saturated heterocycles. The molecule has 6 nitrogen and oxygen atoms in total. The number of benzene rings is 2. The minimum atomic E-state index is -0.688. The first kappa shape index (κ1) is 15.5. The van der Waals surface area contributed by atoms with Crippen molar-refractivity contribution in [2.24, 2.45) is 5.10 Å². The summed E-state index contributed by atoms with van der Waals surface area (Å²) in [5, 5.41) is 23.8. The predicted molar refractivity (Wildman–Crippen MR) is 88.5 cm³/mol. The van der Waals surface area contributed by atoms with Crippen molar-refractivity contribution in [3.8, 4) is 11.5 Å². The second-order valence-corrected chi connectivity index (χ2v) is 5.27. The fourth-order valence-electron chi connectivity index (χ4n) is 2.33. The minimum absolute atomic E-state index is 0.00767. The Morgan fingerprint density at radius 2 is 1.75 bits per heavy atom. The van der Waals surface area contributed by atoms with E-state index in [4.69, 9.17) is 0 Å². The summed E-state index contributed by atoms with van der Waals surface area (Å²) in [5.41, 5.74) is 1.39. The third-order valence-electron chi connectivity index (χ3n) is 3.59. The van der Waals surface area contributed by atoms with Crippen LogP contribution in [0.2, 0.25) is 0 Å². The number of hydrazone groups is 1. The van der Waals surface area contributed by atoms with Crippen LogP contribution in [0.15, 0.2) is 59.2 Å². The summed E-state index contributed by atoms with van der Waals surface area (Å²) in [6.45, 7) is 1.63. The van der Waals surface area contributed by atoms with Crippen LogP contribution in [0.1, 0.15) is 22.8 Å². The zero-order valence-corrected chi connectivity index (χ0v) is 12.8. The molecule has 2 amide bonds. The van der Waals surface area contributed by atoms with Crippen molar-refractivity contribution in [1.82, 2.24) is 5.01 Å². The fraction of sp³-hybridized carbons (Fsp3) is 0.0556. The summed E-state index contributed by atoms with van der Waals surface area (Å²) in [7, 11) is 0. The van der Waals surface area contributed by atoms with Gasteiger partial charge in [-0.1, -0.05) is 24.3 Å². The molecule has 1 aliphatic rings. The van der Waals surface area contributed by atoms with Crippen LogP contribution in [0.5, 0.6) is 11.5 Å². The molecule has 120 valence electrons. The van der Waals surface area contributed by atoms with E-state index in [0.717, 1.165) is 5.01 Å². The first-order valence-electron chi connectivity index (χ1n) is 7.20. The lowest BCUT2D eigenvalue weighted by Crippen LogP contribution is -2.29. The van der Waals surface area contributed by atoms with Crippen LogP contribution in [0.25, 0.3) is 6.08 Å². The van der Waals surface area contributed by atoms with Gasteiger partial charge in [0.1, 0.15) is 11.5 Å². The molecule has 2 aromatic carbocycles. The highest BCUT2D eigenvalue weighted by Gasteiger charge is 2.33. The molecule has 0 spiro atoms. The van der Waals surface area contributed by atoms with Crippen LogP contribution >= 0.6 is 0 Å². The van der Waals surface area contributed by atoms with Crippen molar-refractivity contribution >= 4 is 23.6 Å². The molecule has 0 atom stereocenters. The van der Waals surface area contributed by atoms with Crippen LogP contribution in [0.4, 0.5) is 0 Å². The highest BCUT2D eigenvalue weighted by atomic mass is 16.3. The number of aromatic hydroxyl groups is 2. The molecule has 24 heavy (non-hydrogen) atoms. The fourth-order valence-corrected chi connectivity index (χ4v) is 2.33. The number of hydrogen-bond acceptors (Lipinski definition) is 5. The highest BCUT2D eigenvalue weighted by Crippen LogP contribution is 2.24. The number of amides is 2. The summed E-state index contributed by atoms with van der Waals surface area (Å²) in [6.07, 6.45) is 1.60. The average Bonchev–Trinajstić information content (AvgIpc) is 2.85. The quantitative estimate of drug-likeness (QED) is 0.657. The first-order valence-corrected chi connectivity index (χ1v) is 7.20. The van der Waals surface area contributed by atoms with E-state index in [1.165, 1.54) is 24.3 Å². The molecule has 0 bridgehead atoms. The smallest absolute Gasteiger partial charge is 0.285 e. The average molecular weight is 322 g/mol. The molecule has 1 aliphatic heterocycles. The standard InChI is InChI=1S/C18H14N2O4/c1-11-15(10-12-6-8-13(21)9-7-12)18(24)20(19-11)17(23)14-4-2-3-5-16(14)22/h2-10,21-22H,1H3/b15-10-. The van der Waals surface area contributed by atoms with Gasteiger partial charge in [0, 0.05) is 0 Å². The van der Waals surface area contributed by atoms with Crippen molar-refractivity contribution in [3.05, 3.63) is 65.2 Å². The first-order chi connectivity index (χ1) is 11.5. The molecule has 0 unspecified atom stereocenters. The molecular weight excluding hydrogens is 308 g/mol. The highest BCUT2D eigenvalue weighted by molar-refractivity contribution is 6.30. The number of phenolic OH excluding ortho intramolecular Hbond substituents is 2. The van der Waals surface area contributed by atoms with Gasteiger partial charge in [-0.15, -0.1) is 0 Å². The molecule has 6 heteroatoms. The monoisotopic (exact) mass is 322 g/mol. The Kier molecular flexibility index (Phi) is 3.87. The topological polar surface area (TPSA) is 90.2 Å². The molecule has 3 rings (SSSR count). The Hall–Kier alpha value is -3.41. The van der Waals surface area contributed by atoms with Crippen LogP contribution in [-0.4, -0.2) is 32.7 Å². The van der Waals surface area contributed by atoms with Crippen LogP contribution < -0.4 is 0 Å². The molecule has 0 fully saturated rings. The van der Waals surface area contributed by atoms with Gasteiger partial charge >= 0.3 is 0 Å². The van der Waals surface area contributed by atoms with Gasteiger partial charge in [0.2, 0.25) is 0 Å². The van der Waals surface area contributed by atoms with Gasteiger partial charge in [0.15, 0.2) is 0 Å². The van der Waals surface area contributed by atoms with Gasteiger partial charge in [0.05, 0.1) is 16.8 Å². The Bertz CT molecular complexity index is 882. The van der Waals surface area contributed by atoms with Gasteiger partial charge < -0.3 is 10.2 Å². The van der Waals surface area contributed by atoms with E-state index in [1.54, 1.807) is 37.3 Å². The number of imide groups is 1. The number of para-hydroxylation sites is 1. The van der Waals surface area contributed by atoms with Crippen molar-refractivity contribution in [1.29, 1.82) is 0 Å². The Morgan fingerprint density at radius 3 is 2.42 bits per heavy atom. The maximum atomic E-state index is 12.5. The van der Waals surface area contributed by atoms with Crippen molar-refractivity contribution in [2.45, 2.75) is 6.92 Å². The van der Waals surface area contributed by atoms with Gasteiger partial charge in [-0.2, -0.15) is 10.1 Å². The van der Waals surface area contributed by atoms with E-state index in [0.29, 0.717) is 11.3 Å². The number of phenols is 2. The molecule has 1 heterocycles. The largest absolute Gasteiger partial charge is 0.508 e. The summed E-state index contributed by atoms with van der Waals surface area (Å²) in [5.74, 6) is -1.34. The number of hydrogen-bond donors (Lipinski definition) is 2. The van der Waals surface area contributed by atoms with Crippen molar-refractivity contribution < 1.29 is 19.8 Å². The number of nitrogens with zero attached hydrogens (tertiary/aromatic N) is 2. The second kappa shape index (κ2) is 6.00. The Balaban J connectivity index is 1.92. The Morgan fingerprint density at radius 1 is 1.08 bits per heavy atom. The molecule has 2 aromatic rings. The van der Waals surface area contributed by atoms with Gasteiger partial charge in [-0.05, 0) is 42.8 Å². The maximum absolute atomic E-state index is 12.5. The maximum Gasteiger partial charge on any atom is 0.285 e. The van der Waals surface area contributed by atoms with Crippen molar-refractivity contribution in [2.75, 3.05) is 0 Å². The van der Waals surface area contributed by atoms with E-state index in [1.807, 2.05) is 0 Å². The van der Waals surface area contributed by atoms with E-state index in [9.17, 15) is 19.8 Å². The molecular formula is C18H14N2O4. The molecule has 0 aliphatic carbocycles. The normalized spacial score (nSPS) is 15.7. The van der Waals surface area contributed by atoms with Crippen LogP contribution in [-0.2, 0) is 4.79 Å². The van der Waals surface area contributed by atoms with Gasteiger partial charge in [-0.3, -0.25) is 9.59 Å². The van der Waals surface area contributed by atoms with Crippen LogP contribution in [0, 0.1) is 0 Å². The molecule has 0 aromatic heterocycles. The van der Waals surface area contributed by atoms with Crippen LogP contribution in [0.3, 0.4) is 0 Å². The zero-order valence-electron chi connectivity index (χ0n) is 12.8. The Labute approximate surface area is 138 Å². The summed E-state index contributed by atoms with van der Waals surface area (Å²) in [4.78, 5) is 24.9. The van der Waals surface area contributed by atoms with Crippen molar-refractivity contribution in [3.63, 3.8) is 0 Å². The number of rotatable bonds is 2. The van der Waals surface area contributed by atoms with E-state index in [2.05, 4.69) is 5.10 Å².